The summed E-state index contributed by atoms with van der Waals surface area (Å²) in [5, 5.41) is 0. The number of rotatable bonds is 4. The maximum Gasteiger partial charge on any atom is 0.146 e. The van der Waals surface area contributed by atoms with Gasteiger partial charge in [-0.1, -0.05) is 42.8 Å². The van der Waals surface area contributed by atoms with Gasteiger partial charge in [-0.05, 0) is 24.5 Å². The molecular weight excluding hydrogens is 172 g/mol. The van der Waals surface area contributed by atoms with Gasteiger partial charge in [-0.3, -0.25) is 4.79 Å². The van der Waals surface area contributed by atoms with Crippen LogP contribution in [0.4, 0.5) is 0 Å². The van der Waals surface area contributed by atoms with Crippen molar-refractivity contribution < 1.29 is 4.79 Å². The van der Waals surface area contributed by atoms with Crippen LogP contribution < -0.4 is 0 Å². The molecule has 0 fully saturated rings. The Morgan fingerprint density at radius 3 is 2.43 bits per heavy atom. The summed E-state index contributed by atoms with van der Waals surface area (Å²) in [6.45, 7) is 4.09. The molecule has 0 saturated heterocycles. The van der Waals surface area contributed by atoms with Crippen LogP contribution in [0.15, 0.2) is 41.5 Å². The summed E-state index contributed by atoms with van der Waals surface area (Å²) in [4.78, 5) is 10.9. The van der Waals surface area contributed by atoms with Crippen molar-refractivity contribution in [3.8, 4) is 0 Å². The molecule has 0 atom stereocenters. The molecule has 0 aliphatic carbocycles. The predicted molar refractivity (Wildman–Crippen MR) is 59.2 cm³/mol. The molecule has 0 aliphatic heterocycles. The quantitative estimate of drug-likeness (QED) is 0.524. The molecule has 0 unspecified atom stereocenters. The van der Waals surface area contributed by atoms with E-state index in [1.165, 1.54) is 11.1 Å². The van der Waals surface area contributed by atoms with Crippen molar-refractivity contribution in [2.24, 2.45) is 0 Å². The second-order valence-corrected chi connectivity index (χ2v) is 3.44. The van der Waals surface area contributed by atoms with Gasteiger partial charge in [-0.15, -0.1) is 0 Å². The third-order valence-corrected chi connectivity index (χ3v) is 2.46. The van der Waals surface area contributed by atoms with Gasteiger partial charge in [-0.2, -0.15) is 0 Å². The molecular formula is C13H16O. The minimum absolute atomic E-state index is 0.754. The third kappa shape index (κ3) is 2.84. The smallest absolute Gasteiger partial charge is 0.146 e. The zero-order chi connectivity index (χ0) is 10.4. The number of aldehydes is 1. The first kappa shape index (κ1) is 10.7. The lowest BCUT2D eigenvalue weighted by Crippen LogP contribution is -1.95. The highest BCUT2D eigenvalue weighted by atomic mass is 16.1. The molecule has 1 rings (SSSR count). The molecule has 0 aliphatic rings. The second-order valence-electron chi connectivity index (χ2n) is 3.44. The van der Waals surface area contributed by atoms with Crippen molar-refractivity contribution in [3.63, 3.8) is 0 Å². The molecule has 1 heteroatoms. The zero-order valence-electron chi connectivity index (χ0n) is 8.79. The van der Waals surface area contributed by atoms with Gasteiger partial charge in [0.15, 0.2) is 0 Å². The van der Waals surface area contributed by atoms with E-state index in [4.69, 9.17) is 0 Å². The Balaban J connectivity index is 2.82. The minimum Gasteiger partial charge on any atom is -0.298 e. The number of carbonyl (C=O) groups excluding carboxylic acids is 1. The van der Waals surface area contributed by atoms with Gasteiger partial charge in [0.05, 0.1) is 0 Å². The third-order valence-electron chi connectivity index (χ3n) is 2.46. The van der Waals surface area contributed by atoms with Crippen LogP contribution in [0.2, 0.25) is 0 Å². The molecule has 0 N–H and O–H groups in total. The van der Waals surface area contributed by atoms with Crippen LogP contribution in [0.1, 0.15) is 25.8 Å². The summed E-state index contributed by atoms with van der Waals surface area (Å²) in [6.07, 6.45) is 2.68. The van der Waals surface area contributed by atoms with Gasteiger partial charge < -0.3 is 0 Å². The summed E-state index contributed by atoms with van der Waals surface area (Å²) < 4.78 is 0. The van der Waals surface area contributed by atoms with E-state index < -0.39 is 0 Å². The highest BCUT2D eigenvalue weighted by Gasteiger charge is 2.01. The molecule has 0 aromatic heterocycles. The Bertz CT molecular complexity index is 322. The van der Waals surface area contributed by atoms with Crippen LogP contribution >= 0.6 is 0 Å². The van der Waals surface area contributed by atoms with Crippen LogP contribution in [0.25, 0.3) is 0 Å². The number of allylic oxidation sites excluding steroid dienone is 2. The molecule has 1 aromatic carbocycles. The topological polar surface area (TPSA) is 17.1 Å². The fourth-order valence-corrected chi connectivity index (χ4v) is 1.34. The van der Waals surface area contributed by atoms with E-state index in [-0.39, 0.29) is 0 Å². The Labute approximate surface area is 85.5 Å². The first-order valence-electron chi connectivity index (χ1n) is 4.95. The van der Waals surface area contributed by atoms with Gasteiger partial charge in [0.25, 0.3) is 0 Å². The molecule has 0 amide bonds. The maximum atomic E-state index is 10.9. The summed E-state index contributed by atoms with van der Waals surface area (Å²) in [7, 11) is 0. The van der Waals surface area contributed by atoms with E-state index in [1.54, 1.807) is 0 Å². The van der Waals surface area contributed by atoms with Gasteiger partial charge in [0.1, 0.15) is 6.29 Å². The fraction of sp³-hybridized carbons (Fsp3) is 0.308. The van der Waals surface area contributed by atoms with Gasteiger partial charge in [0, 0.05) is 6.42 Å². The lowest BCUT2D eigenvalue weighted by atomic mass is 10.0. The lowest BCUT2D eigenvalue weighted by Gasteiger charge is -2.04. The SMILES string of the molecule is CC/C(C)=C(/C=O)Cc1ccccc1. The molecule has 14 heavy (non-hydrogen) atoms. The van der Waals surface area contributed by atoms with E-state index in [0.29, 0.717) is 0 Å². The van der Waals surface area contributed by atoms with Crippen molar-refractivity contribution >= 4 is 6.29 Å². The van der Waals surface area contributed by atoms with E-state index in [0.717, 1.165) is 24.7 Å². The van der Waals surface area contributed by atoms with Crippen molar-refractivity contribution in [1.82, 2.24) is 0 Å². The fourth-order valence-electron chi connectivity index (χ4n) is 1.34. The minimum atomic E-state index is 0.754. The number of hydrogen-bond donors (Lipinski definition) is 0. The van der Waals surface area contributed by atoms with Crippen molar-refractivity contribution in [2.75, 3.05) is 0 Å². The molecule has 0 bridgehead atoms. The maximum absolute atomic E-state index is 10.9. The summed E-state index contributed by atoms with van der Waals surface area (Å²) in [5.41, 5.74) is 3.30. The number of benzene rings is 1. The Morgan fingerprint density at radius 2 is 1.93 bits per heavy atom. The van der Waals surface area contributed by atoms with Crippen LogP contribution in [0, 0.1) is 0 Å². The van der Waals surface area contributed by atoms with Crippen LogP contribution in [-0.4, -0.2) is 6.29 Å². The number of hydrogen-bond acceptors (Lipinski definition) is 1. The van der Waals surface area contributed by atoms with Gasteiger partial charge in [-0.25, -0.2) is 0 Å². The Kier molecular flexibility index (Phi) is 4.11. The summed E-state index contributed by atoms with van der Waals surface area (Å²) in [6, 6.07) is 10.1. The van der Waals surface area contributed by atoms with Crippen molar-refractivity contribution in [2.45, 2.75) is 26.7 Å². The predicted octanol–water partition coefficient (Wildman–Crippen LogP) is 3.15. The van der Waals surface area contributed by atoms with Crippen LogP contribution in [-0.2, 0) is 11.2 Å². The normalized spacial score (nSPS) is 12.1. The summed E-state index contributed by atoms with van der Waals surface area (Å²) >= 11 is 0. The Morgan fingerprint density at radius 1 is 1.29 bits per heavy atom. The Hall–Kier alpha value is -1.37. The standard InChI is InChI=1S/C13H16O/c1-3-11(2)13(10-14)9-12-7-5-4-6-8-12/h4-8,10H,3,9H2,1-2H3/b13-11+. The molecule has 1 aromatic rings. The van der Waals surface area contributed by atoms with Crippen molar-refractivity contribution in [1.29, 1.82) is 0 Å². The van der Waals surface area contributed by atoms with Crippen LogP contribution in [0.3, 0.4) is 0 Å². The highest BCUT2D eigenvalue weighted by Crippen LogP contribution is 2.12. The monoisotopic (exact) mass is 188 g/mol. The molecule has 0 saturated carbocycles. The van der Waals surface area contributed by atoms with E-state index in [2.05, 4.69) is 6.92 Å². The van der Waals surface area contributed by atoms with Crippen LogP contribution in [0.5, 0.6) is 0 Å². The zero-order valence-corrected chi connectivity index (χ0v) is 8.79. The largest absolute Gasteiger partial charge is 0.298 e. The average Bonchev–Trinajstić information content (AvgIpc) is 2.26. The van der Waals surface area contributed by atoms with Gasteiger partial charge >= 0.3 is 0 Å². The first-order chi connectivity index (χ1) is 6.77. The first-order valence-corrected chi connectivity index (χ1v) is 4.95. The molecule has 0 heterocycles. The molecule has 0 spiro atoms. The second kappa shape index (κ2) is 5.38. The number of carbonyl (C=O) groups is 1. The van der Waals surface area contributed by atoms with Crippen molar-refractivity contribution in [3.05, 3.63) is 47.0 Å². The average molecular weight is 188 g/mol. The molecule has 74 valence electrons. The molecule has 1 nitrogen and oxygen atoms in total. The van der Waals surface area contributed by atoms with Gasteiger partial charge in [0.2, 0.25) is 0 Å². The summed E-state index contributed by atoms with van der Waals surface area (Å²) in [5.74, 6) is 0. The molecule has 0 radical (unpaired) electrons. The highest BCUT2D eigenvalue weighted by molar-refractivity contribution is 5.75. The van der Waals surface area contributed by atoms with E-state index in [9.17, 15) is 4.79 Å². The van der Waals surface area contributed by atoms with E-state index >= 15 is 0 Å². The lowest BCUT2D eigenvalue weighted by molar-refractivity contribution is -0.105. The van der Waals surface area contributed by atoms with E-state index in [1.807, 2.05) is 37.3 Å².